The number of nitrogens with two attached hydrogens (primary N) is 1. The number of nitrogen functional groups attached to an aromatic ring is 1. The zero-order valence-electron chi connectivity index (χ0n) is 9.76. The highest BCUT2D eigenvalue weighted by atomic mass is 19.1. The molecule has 0 amide bonds. The first-order valence-electron chi connectivity index (χ1n) is 5.29. The molecule has 0 aliphatic rings. The van der Waals surface area contributed by atoms with Crippen LogP contribution < -0.4 is 16.9 Å². The van der Waals surface area contributed by atoms with Gasteiger partial charge in [0.1, 0.15) is 5.82 Å². The smallest absolute Gasteiger partial charge is 0.316 e. The van der Waals surface area contributed by atoms with Crippen LogP contribution in [0.1, 0.15) is 5.56 Å². The fourth-order valence-corrected chi connectivity index (χ4v) is 1.59. The van der Waals surface area contributed by atoms with E-state index < -0.39 is 16.9 Å². The van der Waals surface area contributed by atoms with Crippen molar-refractivity contribution in [1.82, 2.24) is 9.13 Å². The Morgan fingerprint density at radius 3 is 2.61 bits per heavy atom. The van der Waals surface area contributed by atoms with Gasteiger partial charge in [-0.15, -0.1) is 0 Å². The molecule has 0 atom stereocenters. The second-order valence-electron chi connectivity index (χ2n) is 4.00. The molecule has 0 saturated heterocycles. The number of anilines is 1. The molecule has 0 saturated carbocycles. The van der Waals surface area contributed by atoms with E-state index in [0.717, 1.165) is 4.57 Å². The van der Waals surface area contributed by atoms with Gasteiger partial charge < -0.3 is 14.9 Å². The first-order valence-corrected chi connectivity index (χ1v) is 5.29. The summed E-state index contributed by atoms with van der Waals surface area (Å²) >= 11 is 0. The molecule has 0 radical (unpaired) electrons. The molecule has 1 aromatic carbocycles. The summed E-state index contributed by atoms with van der Waals surface area (Å²) in [7, 11) is 1.48. The normalized spacial score (nSPS) is 10.6. The molecular formula is C12H12FN3O2. The van der Waals surface area contributed by atoms with Crippen LogP contribution in [-0.2, 0) is 13.6 Å². The van der Waals surface area contributed by atoms with E-state index in [-0.39, 0.29) is 6.54 Å². The summed E-state index contributed by atoms with van der Waals surface area (Å²) in [6, 6.07) is 4.22. The van der Waals surface area contributed by atoms with Gasteiger partial charge in [-0.25, -0.2) is 4.39 Å². The maximum absolute atomic E-state index is 13.6. The SMILES string of the molecule is Cn1ccn(Cc2ccc(N)cc2F)c(=O)c1=O. The Labute approximate surface area is 102 Å². The van der Waals surface area contributed by atoms with Crippen molar-refractivity contribution in [2.45, 2.75) is 6.54 Å². The number of hydrogen-bond acceptors (Lipinski definition) is 3. The highest BCUT2D eigenvalue weighted by Crippen LogP contribution is 2.12. The number of benzene rings is 1. The zero-order valence-corrected chi connectivity index (χ0v) is 9.76. The van der Waals surface area contributed by atoms with Crippen molar-refractivity contribution in [3.8, 4) is 0 Å². The largest absolute Gasteiger partial charge is 0.399 e. The topological polar surface area (TPSA) is 70.0 Å². The standard InChI is InChI=1S/C12H12FN3O2/c1-15-4-5-16(12(18)11(15)17)7-8-2-3-9(14)6-10(8)13/h2-6H,7,14H2,1H3. The Balaban J connectivity index is 2.44. The van der Waals surface area contributed by atoms with Gasteiger partial charge in [-0.05, 0) is 12.1 Å². The van der Waals surface area contributed by atoms with Crippen LogP contribution in [0.15, 0.2) is 40.2 Å². The van der Waals surface area contributed by atoms with Crippen molar-refractivity contribution in [1.29, 1.82) is 0 Å². The molecule has 0 aliphatic heterocycles. The highest BCUT2D eigenvalue weighted by Gasteiger charge is 2.07. The number of aryl methyl sites for hydroxylation is 1. The number of rotatable bonds is 2. The maximum atomic E-state index is 13.6. The van der Waals surface area contributed by atoms with Crippen molar-refractivity contribution in [3.05, 3.63) is 62.7 Å². The number of halogens is 1. The minimum atomic E-state index is -0.684. The molecule has 2 N–H and O–H groups in total. The Hall–Kier alpha value is -2.37. The minimum Gasteiger partial charge on any atom is -0.399 e. The average molecular weight is 249 g/mol. The van der Waals surface area contributed by atoms with Crippen LogP contribution >= 0.6 is 0 Å². The fraction of sp³-hybridized carbons (Fsp3) is 0.167. The third-order valence-corrected chi connectivity index (χ3v) is 2.65. The second-order valence-corrected chi connectivity index (χ2v) is 4.00. The first-order chi connectivity index (χ1) is 8.49. The lowest BCUT2D eigenvalue weighted by Crippen LogP contribution is -2.39. The van der Waals surface area contributed by atoms with Crippen molar-refractivity contribution < 1.29 is 4.39 Å². The molecule has 1 aromatic heterocycles. The Morgan fingerprint density at radius 2 is 1.94 bits per heavy atom. The van der Waals surface area contributed by atoms with Crippen molar-refractivity contribution >= 4 is 5.69 Å². The van der Waals surface area contributed by atoms with E-state index in [4.69, 9.17) is 5.73 Å². The first kappa shape index (κ1) is 12.1. The summed E-state index contributed by atoms with van der Waals surface area (Å²) in [4.78, 5) is 23.1. The summed E-state index contributed by atoms with van der Waals surface area (Å²) in [6.45, 7) is 0.00102. The summed E-state index contributed by atoms with van der Waals surface area (Å²) in [5.41, 5.74) is 4.72. The second kappa shape index (κ2) is 4.48. The molecule has 6 heteroatoms. The van der Waals surface area contributed by atoms with Crippen LogP contribution in [0.3, 0.4) is 0 Å². The molecule has 0 fully saturated rings. The molecule has 1 heterocycles. The van der Waals surface area contributed by atoms with Crippen LogP contribution in [-0.4, -0.2) is 9.13 Å². The van der Waals surface area contributed by atoms with Crippen LogP contribution in [0.5, 0.6) is 0 Å². The summed E-state index contributed by atoms with van der Waals surface area (Å²) < 4.78 is 15.9. The molecule has 94 valence electrons. The van der Waals surface area contributed by atoms with Gasteiger partial charge in [-0.3, -0.25) is 9.59 Å². The van der Waals surface area contributed by atoms with E-state index >= 15 is 0 Å². The van der Waals surface area contributed by atoms with Crippen molar-refractivity contribution in [2.75, 3.05) is 5.73 Å². The van der Waals surface area contributed by atoms with E-state index in [1.165, 1.54) is 36.1 Å². The van der Waals surface area contributed by atoms with Gasteiger partial charge in [0.2, 0.25) is 0 Å². The third kappa shape index (κ3) is 2.17. The molecule has 0 aliphatic carbocycles. The quantitative estimate of drug-likeness (QED) is 0.615. The van der Waals surface area contributed by atoms with Gasteiger partial charge in [0.15, 0.2) is 0 Å². The predicted octanol–water partition coefficient (Wildman–Crippen LogP) is 0.317. The van der Waals surface area contributed by atoms with Crippen LogP contribution in [0.4, 0.5) is 10.1 Å². The Kier molecular flexibility index (Phi) is 3.01. The Bertz CT molecular complexity index is 703. The maximum Gasteiger partial charge on any atom is 0.316 e. The van der Waals surface area contributed by atoms with Gasteiger partial charge in [-0.1, -0.05) is 6.07 Å². The Morgan fingerprint density at radius 1 is 1.22 bits per heavy atom. The van der Waals surface area contributed by atoms with Gasteiger partial charge in [0, 0.05) is 30.7 Å². The summed E-state index contributed by atoms with van der Waals surface area (Å²) in [5.74, 6) is -0.498. The molecule has 0 bridgehead atoms. The van der Waals surface area contributed by atoms with E-state index in [0.29, 0.717) is 11.3 Å². The number of hydrogen-bond donors (Lipinski definition) is 1. The molecule has 0 spiro atoms. The molecule has 5 nitrogen and oxygen atoms in total. The molecule has 18 heavy (non-hydrogen) atoms. The lowest BCUT2D eigenvalue weighted by molar-refractivity contribution is 0.592. The molecular weight excluding hydrogens is 237 g/mol. The minimum absolute atomic E-state index is 0.00102. The van der Waals surface area contributed by atoms with Gasteiger partial charge in [-0.2, -0.15) is 0 Å². The van der Waals surface area contributed by atoms with Crippen LogP contribution in [0.25, 0.3) is 0 Å². The lowest BCUT2D eigenvalue weighted by atomic mass is 10.2. The fourth-order valence-electron chi connectivity index (χ4n) is 1.59. The highest BCUT2D eigenvalue weighted by molar-refractivity contribution is 5.40. The van der Waals surface area contributed by atoms with Crippen molar-refractivity contribution in [3.63, 3.8) is 0 Å². The van der Waals surface area contributed by atoms with E-state index in [1.807, 2.05) is 0 Å². The predicted molar refractivity (Wildman–Crippen MR) is 65.9 cm³/mol. The van der Waals surface area contributed by atoms with E-state index in [2.05, 4.69) is 0 Å². The number of nitrogens with zero attached hydrogens (tertiary/aromatic N) is 2. The van der Waals surface area contributed by atoms with Gasteiger partial charge >= 0.3 is 11.1 Å². The van der Waals surface area contributed by atoms with Crippen LogP contribution in [0, 0.1) is 5.82 Å². The zero-order chi connectivity index (χ0) is 13.3. The van der Waals surface area contributed by atoms with Crippen molar-refractivity contribution in [2.24, 2.45) is 7.05 Å². The van der Waals surface area contributed by atoms with Gasteiger partial charge in [0.05, 0.1) is 6.54 Å². The molecule has 2 rings (SSSR count). The van der Waals surface area contributed by atoms with E-state index in [9.17, 15) is 14.0 Å². The third-order valence-electron chi connectivity index (χ3n) is 2.65. The summed E-state index contributed by atoms with van der Waals surface area (Å²) in [5, 5.41) is 0. The molecule has 0 unspecified atom stereocenters. The number of aromatic nitrogens is 2. The van der Waals surface area contributed by atoms with E-state index in [1.54, 1.807) is 6.07 Å². The average Bonchev–Trinajstić information content (AvgIpc) is 2.33. The monoisotopic (exact) mass is 249 g/mol. The molecule has 2 aromatic rings. The van der Waals surface area contributed by atoms with Gasteiger partial charge in [0.25, 0.3) is 0 Å². The lowest BCUT2D eigenvalue weighted by Gasteiger charge is -2.07. The summed E-state index contributed by atoms with van der Waals surface area (Å²) in [6.07, 6.45) is 2.90. The van der Waals surface area contributed by atoms with Crippen LogP contribution in [0.2, 0.25) is 0 Å².